The largest absolute Gasteiger partial charge is 0.380 e. The highest BCUT2D eigenvalue weighted by molar-refractivity contribution is 8.18. The first kappa shape index (κ1) is 28.0. The van der Waals surface area contributed by atoms with Gasteiger partial charge in [0.05, 0.1) is 19.7 Å². The molecule has 2 fully saturated rings. The minimum atomic E-state index is -0.996. The van der Waals surface area contributed by atoms with Gasteiger partial charge in [-0.1, -0.05) is 0 Å². The lowest BCUT2D eigenvalue weighted by Crippen LogP contribution is -2.17. The molecule has 16 heteroatoms. The maximum absolute atomic E-state index is 13.3. The third kappa shape index (κ3) is 7.01. The number of nitro benzene ring substituents is 2. The highest BCUT2D eigenvalue weighted by Gasteiger charge is 2.26. The number of halogens is 1. The van der Waals surface area contributed by atoms with Gasteiger partial charge in [0.2, 0.25) is 5.82 Å². The summed E-state index contributed by atoms with van der Waals surface area (Å²) in [6, 6.07) is 7.70. The number of amides is 4. The van der Waals surface area contributed by atoms with Gasteiger partial charge in [0.15, 0.2) is 0 Å². The molecule has 2 heterocycles. The van der Waals surface area contributed by atoms with Crippen molar-refractivity contribution in [2.75, 3.05) is 11.9 Å². The van der Waals surface area contributed by atoms with Crippen LogP contribution >= 0.6 is 23.5 Å². The van der Waals surface area contributed by atoms with Gasteiger partial charge in [-0.25, -0.2) is 0 Å². The van der Waals surface area contributed by atoms with Crippen LogP contribution in [0.15, 0.2) is 46.2 Å². The number of thioether (sulfide) groups is 2. The number of hydrogen-bond donors (Lipinski definition) is 3. The van der Waals surface area contributed by atoms with Crippen molar-refractivity contribution in [2.45, 2.75) is 6.92 Å². The molecule has 196 valence electrons. The Hall–Kier alpha value is -4.57. The van der Waals surface area contributed by atoms with Crippen LogP contribution in [-0.4, -0.2) is 38.7 Å². The molecule has 0 aromatic heterocycles. The molecule has 0 aliphatic carbocycles. The zero-order chi connectivity index (χ0) is 28.0. The number of benzene rings is 2. The highest BCUT2D eigenvalue weighted by atomic mass is 32.2. The Kier molecular flexibility index (Phi) is 8.93. The van der Waals surface area contributed by atoms with E-state index in [2.05, 4.69) is 10.6 Å². The van der Waals surface area contributed by atoms with Gasteiger partial charge in [0, 0.05) is 18.7 Å². The van der Waals surface area contributed by atoms with E-state index in [1.54, 1.807) is 6.07 Å². The summed E-state index contributed by atoms with van der Waals surface area (Å²) < 4.78 is 13.3. The van der Waals surface area contributed by atoms with Crippen molar-refractivity contribution in [3.63, 3.8) is 0 Å². The molecule has 0 unspecified atom stereocenters. The minimum Gasteiger partial charge on any atom is -0.380 e. The fourth-order valence-electron chi connectivity index (χ4n) is 3.04. The van der Waals surface area contributed by atoms with Crippen molar-refractivity contribution in [1.29, 1.82) is 0 Å². The molecule has 0 atom stereocenters. The van der Waals surface area contributed by atoms with Crippen LogP contribution in [0, 0.1) is 26.0 Å². The molecule has 2 aromatic carbocycles. The van der Waals surface area contributed by atoms with Gasteiger partial charge < -0.3 is 5.32 Å². The Balaban J connectivity index is 0.000000212. The van der Waals surface area contributed by atoms with E-state index in [9.17, 15) is 43.8 Å². The number of imide groups is 2. The molecule has 0 radical (unpaired) electrons. The topological polar surface area (TPSA) is 191 Å². The first-order valence-electron chi connectivity index (χ1n) is 10.4. The first-order valence-corrected chi connectivity index (χ1v) is 12.1. The monoisotopic (exact) mass is 561 g/mol. The predicted octanol–water partition coefficient (Wildman–Crippen LogP) is 4.41. The van der Waals surface area contributed by atoms with E-state index in [-0.39, 0.29) is 21.1 Å². The molecule has 2 saturated heterocycles. The molecule has 2 aromatic rings. The van der Waals surface area contributed by atoms with Gasteiger partial charge in [-0.3, -0.25) is 50.0 Å². The van der Waals surface area contributed by atoms with E-state index in [0.717, 1.165) is 23.9 Å². The first-order chi connectivity index (χ1) is 18.0. The maximum Gasteiger partial charge on any atom is 0.304 e. The number of rotatable bonds is 6. The van der Waals surface area contributed by atoms with Crippen molar-refractivity contribution in [2.24, 2.45) is 0 Å². The summed E-state index contributed by atoms with van der Waals surface area (Å²) in [4.78, 5) is 65.0. The van der Waals surface area contributed by atoms with E-state index in [4.69, 9.17) is 0 Å². The fraction of sp³-hybridized carbons (Fsp3) is 0.0909. The second kappa shape index (κ2) is 12.1. The summed E-state index contributed by atoms with van der Waals surface area (Å²) in [6.45, 7) is 2.36. The van der Waals surface area contributed by atoms with Crippen LogP contribution in [0.25, 0.3) is 12.2 Å². The molecule has 38 heavy (non-hydrogen) atoms. The van der Waals surface area contributed by atoms with E-state index in [1.165, 1.54) is 30.4 Å². The minimum absolute atomic E-state index is 0.0337. The number of carbonyl (C=O) groups is 4. The van der Waals surface area contributed by atoms with Crippen LogP contribution in [0.1, 0.15) is 18.1 Å². The van der Waals surface area contributed by atoms with E-state index in [0.29, 0.717) is 29.6 Å². The highest BCUT2D eigenvalue weighted by Crippen LogP contribution is 2.30. The van der Waals surface area contributed by atoms with Crippen molar-refractivity contribution in [3.8, 4) is 0 Å². The second-order valence-electron chi connectivity index (χ2n) is 7.24. The van der Waals surface area contributed by atoms with Crippen molar-refractivity contribution < 1.29 is 33.4 Å². The number of hydrogen-bond acceptors (Lipinski definition) is 11. The van der Waals surface area contributed by atoms with Crippen LogP contribution in [0.2, 0.25) is 0 Å². The Morgan fingerprint density at radius 2 is 1.32 bits per heavy atom. The summed E-state index contributed by atoms with van der Waals surface area (Å²) in [6.07, 6.45) is 2.81. The third-order valence-electron chi connectivity index (χ3n) is 4.63. The SMILES string of the molecule is CCNc1cc(C=C2SC(=O)NC2=O)ccc1[N+](=O)[O-].O=C1NC(=O)C(=Cc2ccc([N+](=O)[O-])c(F)c2)S1. The van der Waals surface area contributed by atoms with E-state index >= 15 is 0 Å². The summed E-state index contributed by atoms with van der Waals surface area (Å²) in [7, 11) is 0. The van der Waals surface area contributed by atoms with Crippen LogP contribution < -0.4 is 16.0 Å². The molecular formula is C22H16FN5O8S2. The lowest BCUT2D eigenvalue weighted by atomic mass is 10.1. The predicted molar refractivity (Wildman–Crippen MR) is 139 cm³/mol. The van der Waals surface area contributed by atoms with Crippen molar-refractivity contribution in [3.05, 3.63) is 83.4 Å². The normalized spacial score (nSPS) is 16.7. The van der Waals surface area contributed by atoms with Gasteiger partial charge in [-0.2, -0.15) is 4.39 Å². The molecule has 3 N–H and O–H groups in total. The number of nitrogens with zero attached hydrogens (tertiary/aromatic N) is 2. The molecular weight excluding hydrogens is 545 g/mol. The van der Waals surface area contributed by atoms with Crippen LogP contribution in [-0.2, 0) is 9.59 Å². The third-order valence-corrected chi connectivity index (χ3v) is 6.25. The van der Waals surface area contributed by atoms with Gasteiger partial charge in [0.1, 0.15) is 5.69 Å². The second-order valence-corrected chi connectivity index (χ2v) is 9.27. The summed E-state index contributed by atoms with van der Waals surface area (Å²) >= 11 is 1.50. The molecule has 0 saturated carbocycles. The number of anilines is 1. The lowest BCUT2D eigenvalue weighted by molar-refractivity contribution is -0.387. The zero-order valence-electron chi connectivity index (χ0n) is 19.2. The van der Waals surface area contributed by atoms with E-state index in [1.807, 2.05) is 12.2 Å². The Morgan fingerprint density at radius 1 is 0.842 bits per heavy atom. The van der Waals surface area contributed by atoms with Crippen LogP contribution in [0.3, 0.4) is 0 Å². The van der Waals surface area contributed by atoms with Gasteiger partial charge in [0.25, 0.3) is 28.0 Å². The lowest BCUT2D eigenvalue weighted by Gasteiger charge is -2.05. The summed E-state index contributed by atoms with van der Waals surface area (Å²) in [5.74, 6) is -2.02. The average molecular weight is 562 g/mol. The van der Waals surface area contributed by atoms with Gasteiger partial charge in [-0.05, 0) is 78.0 Å². The Morgan fingerprint density at radius 3 is 1.71 bits per heavy atom. The van der Waals surface area contributed by atoms with E-state index < -0.39 is 43.6 Å². The molecule has 0 bridgehead atoms. The van der Waals surface area contributed by atoms with Crippen molar-refractivity contribution >= 4 is 75.0 Å². The molecule has 4 rings (SSSR count). The fourth-order valence-corrected chi connectivity index (χ4v) is 4.40. The van der Waals surface area contributed by atoms with Crippen LogP contribution in [0.4, 0.5) is 31.0 Å². The molecule has 13 nitrogen and oxygen atoms in total. The van der Waals surface area contributed by atoms with Crippen LogP contribution in [0.5, 0.6) is 0 Å². The maximum atomic E-state index is 13.3. The Labute approximate surface area is 221 Å². The summed E-state index contributed by atoms with van der Waals surface area (Å²) in [5, 5.41) is 27.5. The molecule has 2 aliphatic rings. The number of nitrogens with one attached hydrogen (secondary N) is 3. The molecule has 0 spiro atoms. The summed E-state index contributed by atoms with van der Waals surface area (Å²) in [5.41, 5.74) is 0.580. The zero-order valence-corrected chi connectivity index (χ0v) is 20.8. The number of nitro groups is 2. The quantitative estimate of drug-likeness (QED) is 0.257. The van der Waals surface area contributed by atoms with Gasteiger partial charge >= 0.3 is 5.69 Å². The smallest absolute Gasteiger partial charge is 0.304 e. The molecule has 2 aliphatic heterocycles. The standard InChI is InChI=1S/C12H11N3O4S.C10H5FN2O4S/c1-2-13-8-5-7(3-4-9(8)15(18)19)6-10-11(16)14-12(17)20-10;11-6-3-5(1-2-7(6)13(16)17)4-8-9(14)12-10(15)18-8/h3-6,13H,2H2,1H3,(H,14,16,17);1-4H,(H,12,14,15). The number of carbonyl (C=O) groups excluding carboxylic acids is 4. The molecule has 4 amide bonds. The van der Waals surface area contributed by atoms with Gasteiger partial charge in [-0.15, -0.1) is 0 Å². The average Bonchev–Trinajstić information content (AvgIpc) is 3.32. The van der Waals surface area contributed by atoms with Crippen molar-refractivity contribution in [1.82, 2.24) is 10.6 Å². The Bertz CT molecular complexity index is 1440.